The number of carbonyl (C=O) groups is 1. The van der Waals surface area contributed by atoms with Crippen molar-refractivity contribution in [3.63, 3.8) is 0 Å². The molecule has 3 unspecified atom stereocenters. The van der Waals surface area contributed by atoms with Crippen LogP contribution in [0.3, 0.4) is 0 Å². The van der Waals surface area contributed by atoms with Crippen molar-refractivity contribution in [2.45, 2.75) is 25.2 Å². The van der Waals surface area contributed by atoms with Crippen molar-refractivity contribution >= 4 is 27.8 Å². The Balaban J connectivity index is 1.60. The summed E-state index contributed by atoms with van der Waals surface area (Å²) in [5.41, 5.74) is 2.58. The first-order valence-corrected chi connectivity index (χ1v) is 8.89. The Morgan fingerprint density at radius 2 is 1.67 bits per heavy atom. The van der Waals surface area contributed by atoms with Gasteiger partial charge in [-0.2, -0.15) is 0 Å². The molecule has 24 heavy (non-hydrogen) atoms. The van der Waals surface area contributed by atoms with Gasteiger partial charge in [0.25, 0.3) is 0 Å². The Hall–Kier alpha value is -2.41. The van der Waals surface area contributed by atoms with Crippen molar-refractivity contribution in [1.82, 2.24) is 0 Å². The minimum atomic E-state index is 0.491. The fourth-order valence-electron chi connectivity index (χ4n) is 4.76. The number of carbonyl (C=O) groups excluding carboxylic acids is 1. The van der Waals surface area contributed by atoms with Crippen LogP contribution in [-0.2, 0) is 11.2 Å². The standard InChI is InChI=1S/C23H20O/c24-10-9-15-2-7-21-17(11-15)4-5-19-14-20(6-8-22(19)21)23-13-16-1-3-18(23)12-16/h1-8,10-11,14,16,18,23H,9,12-13H2. The second-order valence-corrected chi connectivity index (χ2v) is 7.36. The third-order valence-corrected chi connectivity index (χ3v) is 5.95. The van der Waals surface area contributed by atoms with E-state index in [9.17, 15) is 4.79 Å². The van der Waals surface area contributed by atoms with E-state index < -0.39 is 0 Å². The summed E-state index contributed by atoms with van der Waals surface area (Å²) in [6, 6.07) is 17.8. The predicted octanol–water partition coefficient (Wildman–Crippen LogP) is 5.41. The Labute approximate surface area is 142 Å². The molecule has 0 aliphatic heterocycles. The highest BCUT2D eigenvalue weighted by molar-refractivity contribution is 6.07. The van der Waals surface area contributed by atoms with Crippen molar-refractivity contribution in [2.24, 2.45) is 11.8 Å². The molecule has 3 atom stereocenters. The van der Waals surface area contributed by atoms with Gasteiger partial charge >= 0.3 is 0 Å². The van der Waals surface area contributed by atoms with Gasteiger partial charge in [-0.1, -0.05) is 60.7 Å². The summed E-state index contributed by atoms with van der Waals surface area (Å²) < 4.78 is 0. The number of benzene rings is 3. The second-order valence-electron chi connectivity index (χ2n) is 7.36. The fourth-order valence-corrected chi connectivity index (χ4v) is 4.76. The van der Waals surface area contributed by atoms with Crippen LogP contribution in [0, 0.1) is 11.8 Å². The maximum absolute atomic E-state index is 10.7. The van der Waals surface area contributed by atoms with Crippen LogP contribution in [0.1, 0.15) is 29.9 Å². The molecule has 0 amide bonds. The first-order valence-electron chi connectivity index (χ1n) is 8.89. The van der Waals surface area contributed by atoms with Crippen molar-refractivity contribution in [3.8, 4) is 0 Å². The Morgan fingerprint density at radius 1 is 0.875 bits per heavy atom. The molecule has 0 N–H and O–H groups in total. The van der Waals surface area contributed by atoms with E-state index in [2.05, 4.69) is 60.7 Å². The van der Waals surface area contributed by atoms with Gasteiger partial charge in [-0.15, -0.1) is 0 Å². The average molecular weight is 312 g/mol. The van der Waals surface area contributed by atoms with Gasteiger partial charge in [0, 0.05) is 6.42 Å². The highest BCUT2D eigenvalue weighted by Gasteiger charge is 2.36. The largest absolute Gasteiger partial charge is 0.303 e. The number of hydrogen-bond donors (Lipinski definition) is 0. The number of allylic oxidation sites excluding steroid dienone is 2. The van der Waals surface area contributed by atoms with E-state index in [0.29, 0.717) is 12.3 Å². The van der Waals surface area contributed by atoms with Crippen LogP contribution in [0.4, 0.5) is 0 Å². The molecule has 0 heterocycles. The molecule has 0 spiro atoms. The maximum Gasteiger partial charge on any atom is 0.124 e. The van der Waals surface area contributed by atoms with Crippen molar-refractivity contribution in [2.75, 3.05) is 0 Å². The molecule has 118 valence electrons. The van der Waals surface area contributed by atoms with Crippen molar-refractivity contribution < 1.29 is 4.79 Å². The van der Waals surface area contributed by atoms with Gasteiger partial charge in [-0.3, -0.25) is 0 Å². The van der Waals surface area contributed by atoms with E-state index in [4.69, 9.17) is 0 Å². The lowest BCUT2D eigenvalue weighted by Gasteiger charge is -2.19. The quantitative estimate of drug-likeness (QED) is 0.359. The number of rotatable bonds is 3. The van der Waals surface area contributed by atoms with Crippen LogP contribution in [0.5, 0.6) is 0 Å². The van der Waals surface area contributed by atoms with Crippen LogP contribution < -0.4 is 0 Å². The lowest BCUT2D eigenvalue weighted by Crippen LogP contribution is -2.04. The van der Waals surface area contributed by atoms with E-state index >= 15 is 0 Å². The van der Waals surface area contributed by atoms with Crippen LogP contribution >= 0.6 is 0 Å². The van der Waals surface area contributed by atoms with E-state index in [1.165, 1.54) is 39.9 Å². The van der Waals surface area contributed by atoms with Gasteiger partial charge in [-0.05, 0) is 63.3 Å². The second kappa shape index (κ2) is 5.31. The molecular weight excluding hydrogens is 292 g/mol. The first-order chi connectivity index (χ1) is 11.8. The molecule has 1 heteroatoms. The van der Waals surface area contributed by atoms with E-state index in [1.807, 2.05) is 0 Å². The van der Waals surface area contributed by atoms with Gasteiger partial charge < -0.3 is 4.79 Å². The minimum absolute atomic E-state index is 0.491. The Kier molecular flexibility index (Phi) is 3.09. The minimum Gasteiger partial charge on any atom is -0.303 e. The van der Waals surface area contributed by atoms with Gasteiger partial charge in [0.15, 0.2) is 0 Å². The zero-order valence-corrected chi connectivity index (χ0v) is 13.6. The molecule has 0 saturated heterocycles. The lowest BCUT2D eigenvalue weighted by molar-refractivity contribution is -0.107. The predicted molar refractivity (Wildman–Crippen MR) is 99.3 cm³/mol. The molecule has 1 saturated carbocycles. The summed E-state index contributed by atoms with van der Waals surface area (Å²) in [5, 5.41) is 5.14. The molecule has 0 aromatic heterocycles. The fraction of sp³-hybridized carbons (Fsp3) is 0.261. The molecule has 2 aliphatic rings. The Morgan fingerprint density at radius 3 is 2.38 bits per heavy atom. The topological polar surface area (TPSA) is 17.1 Å². The third-order valence-electron chi connectivity index (χ3n) is 5.95. The molecule has 3 aromatic rings. The van der Waals surface area contributed by atoms with Gasteiger partial charge in [0.2, 0.25) is 0 Å². The van der Waals surface area contributed by atoms with Gasteiger partial charge in [-0.25, -0.2) is 0 Å². The summed E-state index contributed by atoms with van der Waals surface area (Å²) in [7, 11) is 0. The third kappa shape index (κ3) is 2.11. The summed E-state index contributed by atoms with van der Waals surface area (Å²) in [4.78, 5) is 10.7. The Bertz CT molecular complexity index is 982. The number of hydrogen-bond acceptors (Lipinski definition) is 1. The highest BCUT2D eigenvalue weighted by atomic mass is 16.1. The molecule has 1 nitrogen and oxygen atoms in total. The van der Waals surface area contributed by atoms with Crippen molar-refractivity contribution in [3.05, 3.63) is 71.8 Å². The first kappa shape index (κ1) is 14.0. The molecule has 1 fully saturated rings. The molecular formula is C23H20O. The molecule has 2 bridgehead atoms. The average Bonchev–Trinajstić information content (AvgIpc) is 3.24. The highest BCUT2D eigenvalue weighted by Crippen LogP contribution is 2.49. The summed E-state index contributed by atoms with van der Waals surface area (Å²) in [6.07, 6.45) is 8.96. The monoisotopic (exact) mass is 312 g/mol. The van der Waals surface area contributed by atoms with E-state index in [0.717, 1.165) is 23.7 Å². The van der Waals surface area contributed by atoms with Crippen LogP contribution in [-0.4, -0.2) is 6.29 Å². The smallest absolute Gasteiger partial charge is 0.124 e. The number of fused-ring (bicyclic) bond motifs is 5. The summed E-state index contributed by atoms with van der Waals surface area (Å²) in [6.45, 7) is 0. The molecule has 3 aromatic carbocycles. The van der Waals surface area contributed by atoms with Crippen LogP contribution in [0.15, 0.2) is 60.7 Å². The summed E-state index contributed by atoms with van der Waals surface area (Å²) in [5.74, 6) is 2.26. The van der Waals surface area contributed by atoms with E-state index in [-0.39, 0.29) is 0 Å². The molecule has 5 rings (SSSR count). The van der Waals surface area contributed by atoms with Gasteiger partial charge in [0.1, 0.15) is 6.29 Å². The normalized spacial score (nSPS) is 24.9. The summed E-state index contributed by atoms with van der Waals surface area (Å²) >= 11 is 0. The van der Waals surface area contributed by atoms with E-state index in [1.54, 1.807) is 0 Å². The lowest BCUT2D eigenvalue weighted by atomic mass is 9.85. The van der Waals surface area contributed by atoms with Crippen molar-refractivity contribution in [1.29, 1.82) is 0 Å². The number of aldehydes is 1. The van der Waals surface area contributed by atoms with Crippen LogP contribution in [0.25, 0.3) is 21.5 Å². The zero-order valence-electron chi connectivity index (χ0n) is 13.6. The zero-order chi connectivity index (χ0) is 16.1. The van der Waals surface area contributed by atoms with Gasteiger partial charge in [0.05, 0.1) is 0 Å². The maximum atomic E-state index is 10.7. The van der Waals surface area contributed by atoms with Crippen LogP contribution in [0.2, 0.25) is 0 Å². The SMILES string of the molecule is O=CCc1ccc2c(ccc3cc(C4CC5C=CC4C5)ccc32)c1. The molecule has 2 aliphatic carbocycles. The molecule has 0 radical (unpaired) electrons.